The van der Waals surface area contributed by atoms with Gasteiger partial charge in [-0.2, -0.15) is 0 Å². The smallest absolute Gasteiger partial charge is 0.0721 e. The average Bonchev–Trinajstić information content (AvgIpc) is 2.94. The molecule has 5 aromatic rings. The summed E-state index contributed by atoms with van der Waals surface area (Å²) in [4.78, 5) is 0. The standard InChI is InChI=1S/C14H14O.C10H8.C9H12O.CH4/c1-3-7-13(8-4-1)11-15-12-14-9-5-2-6-10-14;1-2-6-10-8-4-3-7-9(10)5-1;1-2-10-8-9-6-4-3-5-7-9;/h1-10H,11-12H2;1-8H;3-7H,2,8H2,1H3;1H4. The van der Waals surface area contributed by atoms with Crippen LogP contribution in [0, 0.1) is 0 Å². The zero-order valence-electron chi connectivity index (χ0n) is 20.4. The van der Waals surface area contributed by atoms with Crippen molar-refractivity contribution in [2.45, 2.75) is 34.2 Å². The molecule has 0 heterocycles. The summed E-state index contributed by atoms with van der Waals surface area (Å²) in [5, 5.41) is 2.62. The number of rotatable bonds is 7. The van der Waals surface area contributed by atoms with E-state index in [9.17, 15) is 0 Å². The van der Waals surface area contributed by atoms with Crippen molar-refractivity contribution in [1.29, 1.82) is 0 Å². The molecule has 0 aliphatic carbocycles. The lowest BCUT2D eigenvalue weighted by atomic mass is 10.1. The highest BCUT2D eigenvalue weighted by molar-refractivity contribution is 5.82. The van der Waals surface area contributed by atoms with Gasteiger partial charge in [0.1, 0.15) is 0 Å². The van der Waals surface area contributed by atoms with E-state index in [0.29, 0.717) is 13.2 Å². The topological polar surface area (TPSA) is 18.5 Å². The third-order valence-electron chi connectivity index (χ3n) is 5.20. The first-order chi connectivity index (χ1) is 17.3. The molecule has 0 bridgehead atoms. The van der Waals surface area contributed by atoms with Gasteiger partial charge in [-0.3, -0.25) is 0 Å². The second-order valence-electron chi connectivity index (χ2n) is 7.93. The van der Waals surface area contributed by atoms with Crippen LogP contribution in [0.25, 0.3) is 10.8 Å². The van der Waals surface area contributed by atoms with Crippen LogP contribution in [0.4, 0.5) is 0 Å². The minimum atomic E-state index is 0. The van der Waals surface area contributed by atoms with Gasteiger partial charge in [-0.15, -0.1) is 0 Å². The monoisotopic (exact) mass is 478 g/mol. The van der Waals surface area contributed by atoms with Crippen LogP contribution in [0.15, 0.2) is 140 Å². The molecule has 0 atom stereocenters. The Labute approximate surface area is 217 Å². The number of fused-ring (bicyclic) bond motifs is 1. The van der Waals surface area contributed by atoms with Gasteiger partial charge in [0, 0.05) is 6.61 Å². The van der Waals surface area contributed by atoms with Crippen LogP contribution in [-0.2, 0) is 29.3 Å². The number of hydrogen-bond donors (Lipinski definition) is 0. The Balaban J connectivity index is 0.000000194. The lowest BCUT2D eigenvalue weighted by molar-refractivity contribution is 0.107. The molecule has 36 heavy (non-hydrogen) atoms. The second kappa shape index (κ2) is 17.7. The molecule has 186 valence electrons. The van der Waals surface area contributed by atoms with Crippen molar-refractivity contribution in [3.05, 3.63) is 156 Å². The van der Waals surface area contributed by atoms with Gasteiger partial charge >= 0.3 is 0 Å². The van der Waals surface area contributed by atoms with Crippen molar-refractivity contribution >= 4 is 10.8 Å². The molecule has 0 unspecified atom stereocenters. The van der Waals surface area contributed by atoms with Crippen LogP contribution in [0.2, 0.25) is 0 Å². The summed E-state index contributed by atoms with van der Waals surface area (Å²) in [7, 11) is 0. The van der Waals surface area contributed by atoms with Gasteiger partial charge in [-0.1, -0.05) is 147 Å². The lowest BCUT2D eigenvalue weighted by Gasteiger charge is -2.03. The van der Waals surface area contributed by atoms with Gasteiger partial charge in [0.25, 0.3) is 0 Å². The Hall–Kier alpha value is -3.72. The Bertz CT molecular complexity index is 1080. The predicted octanol–water partition coefficient (Wildman–Crippen LogP) is 9.10. The zero-order chi connectivity index (χ0) is 24.4. The maximum absolute atomic E-state index is 5.61. The fraction of sp³-hybridized carbons (Fsp3) is 0.176. The van der Waals surface area contributed by atoms with Crippen molar-refractivity contribution in [2.24, 2.45) is 0 Å². The van der Waals surface area contributed by atoms with E-state index in [1.54, 1.807) is 0 Å². The Morgan fingerprint density at radius 1 is 0.389 bits per heavy atom. The minimum Gasteiger partial charge on any atom is -0.377 e. The molecule has 0 N–H and O–H groups in total. The molecule has 5 rings (SSSR count). The molecule has 0 aliphatic rings. The number of ether oxygens (including phenoxy) is 2. The van der Waals surface area contributed by atoms with Crippen molar-refractivity contribution in [3.63, 3.8) is 0 Å². The van der Waals surface area contributed by atoms with Gasteiger partial charge in [0.05, 0.1) is 19.8 Å². The van der Waals surface area contributed by atoms with Gasteiger partial charge in [0.15, 0.2) is 0 Å². The Morgan fingerprint density at radius 2 is 0.667 bits per heavy atom. The summed E-state index contributed by atoms with van der Waals surface area (Å²) in [6, 6.07) is 47.3. The lowest BCUT2D eigenvalue weighted by Crippen LogP contribution is -1.93. The van der Waals surface area contributed by atoms with Crippen LogP contribution >= 0.6 is 0 Å². The van der Waals surface area contributed by atoms with Crippen LogP contribution < -0.4 is 0 Å². The maximum atomic E-state index is 5.61. The van der Waals surface area contributed by atoms with E-state index in [4.69, 9.17) is 9.47 Å². The van der Waals surface area contributed by atoms with Crippen molar-refractivity contribution in [2.75, 3.05) is 6.61 Å². The molecule has 2 nitrogen and oxygen atoms in total. The fourth-order valence-corrected chi connectivity index (χ4v) is 3.36. The van der Waals surface area contributed by atoms with E-state index in [0.717, 1.165) is 13.2 Å². The Kier molecular flexibility index (Phi) is 14.0. The summed E-state index contributed by atoms with van der Waals surface area (Å²) >= 11 is 0. The molecule has 0 fully saturated rings. The SMILES string of the molecule is C.CCOCc1ccccc1.c1ccc(COCc2ccccc2)cc1.c1ccc2ccccc2c1. The average molecular weight is 479 g/mol. The van der Waals surface area contributed by atoms with Crippen molar-refractivity contribution in [1.82, 2.24) is 0 Å². The third kappa shape index (κ3) is 11.1. The number of benzene rings is 5. The van der Waals surface area contributed by atoms with E-state index in [1.807, 2.05) is 61.5 Å². The van der Waals surface area contributed by atoms with Gasteiger partial charge in [-0.25, -0.2) is 0 Å². The third-order valence-corrected chi connectivity index (χ3v) is 5.20. The van der Waals surface area contributed by atoms with E-state index in [-0.39, 0.29) is 7.43 Å². The molecule has 2 heteroatoms. The van der Waals surface area contributed by atoms with Crippen molar-refractivity contribution in [3.8, 4) is 0 Å². The predicted molar refractivity (Wildman–Crippen MR) is 154 cm³/mol. The van der Waals surface area contributed by atoms with E-state index in [2.05, 4.69) is 84.9 Å². The number of hydrogen-bond acceptors (Lipinski definition) is 2. The molecule has 0 saturated heterocycles. The molecule has 0 aromatic heterocycles. The second-order valence-corrected chi connectivity index (χ2v) is 7.93. The highest BCUT2D eigenvalue weighted by Crippen LogP contribution is 2.11. The fourth-order valence-electron chi connectivity index (χ4n) is 3.36. The van der Waals surface area contributed by atoms with Gasteiger partial charge in [-0.05, 0) is 34.4 Å². The van der Waals surface area contributed by atoms with Crippen LogP contribution in [0.1, 0.15) is 31.0 Å². The van der Waals surface area contributed by atoms with Crippen LogP contribution in [0.5, 0.6) is 0 Å². The van der Waals surface area contributed by atoms with E-state index < -0.39 is 0 Å². The first-order valence-electron chi connectivity index (χ1n) is 12.1. The summed E-state index contributed by atoms with van der Waals surface area (Å²) in [6.07, 6.45) is 0. The molecule has 0 aliphatic heterocycles. The highest BCUT2D eigenvalue weighted by Gasteiger charge is 1.93. The Morgan fingerprint density at radius 3 is 0.972 bits per heavy atom. The molecular weight excluding hydrogens is 440 g/mol. The summed E-state index contributed by atoms with van der Waals surface area (Å²) in [5.74, 6) is 0. The molecular formula is C34H38O2. The van der Waals surface area contributed by atoms with Crippen molar-refractivity contribution < 1.29 is 9.47 Å². The maximum Gasteiger partial charge on any atom is 0.0721 e. The highest BCUT2D eigenvalue weighted by atomic mass is 16.5. The van der Waals surface area contributed by atoms with E-state index >= 15 is 0 Å². The van der Waals surface area contributed by atoms with Gasteiger partial charge in [0.2, 0.25) is 0 Å². The molecule has 0 spiro atoms. The largest absolute Gasteiger partial charge is 0.377 e. The van der Waals surface area contributed by atoms with Crippen LogP contribution in [-0.4, -0.2) is 6.61 Å². The quantitative estimate of drug-likeness (QED) is 0.232. The molecule has 0 saturated carbocycles. The summed E-state index contributed by atoms with van der Waals surface area (Å²) < 4.78 is 10.8. The van der Waals surface area contributed by atoms with E-state index in [1.165, 1.54) is 27.5 Å². The first kappa shape index (κ1) is 28.5. The molecule has 0 amide bonds. The minimum absolute atomic E-state index is 0. The zero-order valence-corrected chi connectivity index (χ0v) is 20.4. The summed E-state index contributed by atoms with van der Waals surface area (Å²) in [5.41, 5.74) is 3.67. The summed E-state index contributed by atoms with van der Waals surface area (Å²) in [6.45, 7) is 4.88. The first-order valence-corrected chi connectivity index (χ1v) is 12.1. The molecule has 5 aromatic carbocycles. The van der Waals surface area contributed by atoms with Gasteiger partial charge < -0.3 is 9.47 Å². The molecule has 0 radical (unpaired) electrons. The van der Waals surface area contributed by atoms with Crippen LogP contribution in [0.3, 0.4) is 0 Å². The normalized spacial score (nSPS) is 9.69.